The van der Waals surface area contributed by atoms with Crippen molar-refractivity contribution in [2.75, 3.05) is 0 Å². The van der Waals surface area contributed by atoms with Gasteiger partial charge in [0.1, 0.15) is 16.7 Å². The van der Waals surface area contributed by atoms with E-state index in [0.29, 0.717) is 16.3 Å². The molecule has 0 radical (unpaired) electrons. The Balaban J connectivity index is 1.48. The maximum absolute atomic E-state index is 13.7. The number of piperidine rings is 1. The zero-order chi connectivity index (χ0) is 22.2. The Labute approximate surface area is 186 Å². The van der Waals surface area contributed by atoms with E-state index in [1.165, 1.54) is 18.4 Å². The van der Waals surface area contributed by atoms with E-state index >= 15 is 0 Å². The van der Waals surface area contributed by atoms with E-state index in [4.69, 9.17) is 4.74 Å². The van der Waals surface area contributed by atoms with Gasteiger partial charge in [0.05, 0.1) is 11.4 Å². The minimum Gasteiger partial charge on any atom is -0.490 e. The predicted molar refractivity (Wildman–Crippen MR) is 122 cm³/mol. The first-order valence-electron chi connectivity index (χ1n) is 11.6. The number of aryl methyl sites for hydroxylation is 2. The first-order chi connectivity index (χ1) is 14.8. The standard InChI is InChI=1S/C24H35N3O3S/c1-5-6-7-18-8-12-21(13-9-18)30-22-14-19-10-11-20(15-22)27(19)31(28,29)24-17(4)25-26-23(24)16(2)3/h8-9,12-13,16,19-20,22H,5-7,10-11,14-15H2,1-4H3,(H,25,26)/t19-,20+,22+. The first kappa shape index (κ1) is 22.3. The smallest absolute Gasteiger partial charge is 0.247 e. The topological polar surface area (TPSA) is 75.3 Å². The van der Waals surface area contributed by atoms with Gasteiger partial charge < -0.3 is 4.74 Å². The maximum atomic E-state index is 13.7. The van der Waals surface area contributed by atoms with Crippen molar-refractivity contribution in [3.05, 3.63) is 41.2 Å². The average Bonchev–Trinajstić information content (AvgIpc) is 3.26. The van der Waals surface area contributed by atoms with Crippen molar-refractivity contribution in [3.63, 3.8) is 0 Å². The van der Waals surface area contributed by atoms with E-state index in [2.05, 4.69) is 41.4 Å². The van der Waals surface area contributed by atoms with E-state index in [0.717, 1.165) is 37.9 Å². The Kier molecular flexibility index (Phi) is 6.44. The molecule has 2 fully saturated rings. The molecule has 1 aromatic heterocycles. The van der Waals surface area contributed by atoms with Crippen LogP contribution in [0.2, 0.25) is 0 Å². The van der Waals surface area contributed by atoms with Crippen molar-refractivity contribution in [2.45, 2.75) is 102 Å². The van der Waals surface area contributed by atoms with Crippen LogP contribution in [0.1, 0.15) is 82.2 Å². The molecule has 0 aliphatic carbocycles. The van der Waals surface area contributed by atoms with Crippen molar-refractivity contribution < 1.29 is 13.2 Å². The zero-order valence-electron chi connectivity index (χ0n) is 19.1. The van der Waals surface area contributed by atoms with E-state index in [9.17, 15) is 8.42 Å². The number of H-pyrrole nitrogens is 1. The molecule has 0 saturated carbocycles. The van der Waals surface area contributed by atoms with Crippen LogP contribution in [0.15, 0.2) is 29.2 Å². The average molecular weight is 446 g/mol. The summed E-state index contributed by atoms with van der Waals surface area (Å²) in [6.45, 7) is 7.97. The van der Waals surface area contributed by atoms with Gasteiger partial charge in [-0.05, 0) is 56.2 Å². The molecule has 1 aromatic carbocycles. The highest BCUT2D eigenvalue weighted by Crippen LogP contribution is 2.42. The van der Waals surface area contributed by atoms with Gasteiger partial charge in [0, 0.05) is 24.9 Å². The largest absolute Gasteiger partial charge is 0.490 e. The van der Waals surface area contributed by atoms with Gasteiger partial charge in [0.25, 0.3) is 0 Å². The summed E-state index contributed by atoms with van der Waals surface area (Å²) >= 11 is 0. The van der Waals surface area contributed by atoms with Crippen LogP contribution in [-0.2, 0) is 16.4 Å². The molecule has 1 N–H and O–H groups in total. The lowest BCUT2D eigenvalue weighted by molar-refractivity contribution is 0.0956. The molecule has 0 unspecified atom stereocenters. The minimum atomic E-state index is -3.59. The van der Waals surface area contributed by atoms with Gasteiger partial charge in [-0.15, -0.1) is 0 Å². The zero-order valence-corrected chi connectivity index (χ0v) is 19.9. The normalized spacial score (nSPS) is 24.1. The third-order valence-electron chi connectivity index (χ3n) is 6.67. The third-order valence-corrected chi connectivity index (χ3v) is 8.85. The van der Waals surface area contributed by atoms with Crippen molar-refractivity contribution >= 4 is 10.0 Å². The minimum absolute atomic E-state index is 0.00751. The van der Waals surface area contributed by atoms with Crippen LogP contribution in [0.3, 0.4) is 0 Å². The van der Waals surface area contributed by atoms with Crippen LogP contribution >= 0.6 is 0 Å². The van der Waals surface area contributed by atoms with Gasteiger partial charge in [-0.25, -0.2) is 8.42 Å². The number of benzene rings is 1. The summed E-state index contributed by atoms with van der Waals surface area (Å²) in [6.07, 6.45) is 6.82. The highest BCUT2D eigenvalue weighted by Gasteiger charge is 2.49. The second-order valence-electron chi connectivity index (χ2n) is 9.40. The monoisotopic (exact) mass is 445 g/mol. The number of hydrogen-bond acceptors (Lipinski definition) is 4. The summed E-state index contributed by atoms with van der Waals surface area (Å²) in [6, 6.07) is 8.39. The molecule has 2 aliphatic rings. The van der Waals surface area contributed by atoms with E-state index < -0.39 is 10.0 Å². The van der Waals surface area contributed by atoms with Gasteiger partial charge in [0.15, 0.2) is 0 Å². The van der Waals surface area contributed by atoms with E-state index in [1.54, 1.807) is 11.2 Å². The van der Waals surface area contributed by atoms with Gasteiger partial charge >= 0.3 is 0 Å². The predicted octanol–water partition coefficient (Wildman–Crippen LogP) is 4.95. The highest BCUT2D eigenvalue weighted by atomic mass is 32.2. The number of sulfonamides is 1. The van der Waals surface area contributed by atoms with Gasteiger partial charge in [-0.1, -0.05) is 39.3 Å². The van der Waals surface area contributed by atoms with Crippen LogP contribution in [0, 0.1) is 6.92 Å². The quantitative estimate of drug-likeness (QED) is 0.624. The van der Waals surface area contributed by atoms with E-state index in [-0.39, 0.29) is 24.1 Å². The van der Waals surface area contributed by atoms with Crippen molar-refractivity contribution in [2.24, 2.45) is 0 Å². The number of unbranched alkanes of at least 4 members (excludes halogenated alkanes) is 1. The number of hydrogen-bond donors (Lipinski definition) is 1. The number of aromatic amines is 1. The summed E-state index contributed by atoms with van der Waals surface area (Å²) < 4.78 is 35.4. The number of aromatic nitrogens is 2. The molecule has 2 saturated heterocycles. The van der Waals surface area contributed by atoms with Crippen molar-refractivity contribution in [1.29, 1.82) is 0 Å². The number of rotatable bonds is 8. The molecule has 170 valence electrons. The number of nitrogens with one attached hydrogen (secondary N) is 1. The first-order valence-corrected chi connectivity index (χ1v) is 13.1. The molecular formula is C24H35N3O3S. The summed E-state index contributed by atoms with van der Waals surface area (Å²) in [7, 11) is -3.59. The maximum Gasteiger partial charge on any atom is 0.247 e. The molecule has 4 rings (SSSR count). The molecular weight excluding hydrogens is 410 g/mol. The Morgan fingerprint density at radius 3 is 2.39 bits per heavy atom. The van der Waals surface area contributed by atoms with Crippen LogP contribution in [0.4, 0.5) is 0 Å². The Morgan fingerprint density at radius 1 is 1.16 bits per heavy atom. The molecule has 6 nitrogen and oxygen atoms in total. The fourth-order valence-electron chi connectivity index (χ4n) is 5.14. The summed E-state index contributed by atoms with van der Waals surface area (Å²) in [5, 5.41) is 7.18. The van der Waals surface area contributed by atoms with E-state index in [1.807, 2.05) is 13.8 Å². The summed E-state index contributed by atoms with van der Waals surface area (Å²) in [5.41, 5.74) is 2.61. The number of fused-ring (bicyclic) bond motifs is 2. The Bertz CT molecular complexity index is 984. The number of ether oxygens (including phenoxy) is 1. The summed E-state index contributed by atoms with van der Waals surface area (Å²) in [4.78, 5) is 0.376. The molecule has 3 heterocycles. The van der Waals surface area contributed by atoms with Gasteiger partial charge in [-0.2, -0.15) is 9.40 Å². The van der Waals surface area contributed by atoms with Crippen LogP contribution in [-0.4, -0.2) is 41.1 Å². The molecule has 7 heteroatoms. The van der Waals surface area contributed by atoms with Gasteiger partial charge in [0.2, 0.25) is 10.0 Å². The molecule has 2 aromatic rings. The molecule has 2 bridgehead atoms. The second kappa shape index (κ2) is 8.94. The Hall–Kier alpha value is -1.86. The third kappa shape index (κ3) is 4.40. The lowest BCUT2D eigenvalue weighted by Crippen LogP contribution is -2.49. The number of nitrogens with zero attached hydrogens (tertiary/aromatic N) is 2. The van der Waals surface area contributed by atoms with Crippen LogP contribution in [0.25, 0.3) is 0 Å². The lowest BCUT2D eigenvalue weighted by atomic mass is 10.0. The Morgan fingerprint density at radius 2 is 1.81 bits per heavy atom. The van der Waals surface area contributed by atoms with Gasteiger partial charge in [-0.3, -0.25) is 5.10 Å². The molecule has 31 heavy (non-hydrogen) atoms. The van der Waals surface area contributed by atoms with Crippen LogP contribution < -0.4 is 4.74 Å². The fraction of sp³-hybridized carbons (Fsp3) is 0.625. The molecule has 0 amide bonds. The van der Waals surface area contributed by atoms with Crippen LogP contribution in [0.5, 0.6) is 5.75 Å². The fourth-order valence-corrected chi connectivity index (χ4v) is 7.50. The molecule has 2 aliphatic heterocycles. The van der Waals surface area contributed by atoms with Crippen molar-refractivity contribution in [3.8, 4) is 5.75 Å². The highest BCUT2D eigenvalue weighted by molar-refractivity contribution is 7.89. The second-order valence-corrected chi connectivity index (χ2v) is 11.2. The molecule has 3 atom stereocenters. The van der Waals surface area contributed by atoms with Crippen molar-refractivity contribution in [1.82, 2.24) is 14.5 Å². The molecule has 0 spiro atoms. The lowest BCUT2D eigenvalue weighted by Gasteiger charge is -2.38. The SMILES string of the molecule is CCCCc1ccc(O[C@H]2C[C@H]3CC[C@@H](C2)N3S(=O)(=O)c2c(C(C)C)n[nH]c2C)cc1. The summed E-state index contributed by atoms with van der Waals surface area (Å²) in [5.74, 6) is 0.933.